The number of benzene rings is 2. The van der Waals surface area contributed by atoms with Crippen LogP contribution in [0.5, 0.6) is 11.5 Å². The normalized spacial score (nSPS) is 16.2. The lowest BCUT2D eigenvalue weighted by Gasteiger charge is -2.31. The highest BCUT2D eigenvalue weighted by Gasteiger charge is 2.34. The van der Waals surface area contributed by atoms with E-state index >= 15 is 0 Å². The van der Waals surface area contributed by atoms with Crippen molar-refractivity contribution in [2.45, 2.75) is 23.8 Å². The molecule has 10 heteroatoms. The number of nitrogens with zero attached hydrogens (tertiary/aromatic N) is 1. The first-order valence-corrected chi connectivity index (χ1v) is 11.6. The number of nitrogens with one attached hydrogen (secondary N) is 1. The summed E-state index contributed by atoms with van der Waals surface area (Å²) in [5.74, 6) is -0.637. The van der Waals surface area contributed by atoms with Crippen LogP contribution in [0.3, 0.4) is 0 Å². The average molecular weight is 462 g/mol. The van der Waals surface area contributed by atoms with Crippen LogP contribution in [-0.2, 0) is 19.6 Å². The first-order valence-electron chi connectivity index (χ1n) is 10.1. The number of sulfonamides is 1. The second-order valence-electron chi connectivity index (χ2n) is 7.45. The monoisotopic (exact) mass is 461 g/mol. The van der Waals surface area contributed by atoms with E-state index in [4.69, 9.17) is 15.2 Å². The maximum absolute atomic E-state index is 13.1. The third-order valence-corrected chi connectivity index (χ3v) is 7.42. The lowest BCUT2D eigenvalue weighted by molar-refractivity contribution is -0.130. The van der Waals surface area contributed by atoms with Crippen LogP contribution in [-0.4, -0.2) is 51.8 Å². The average Bonchev–Trinajstić information content (AvgIpc) is 2.82. The Morgan fingerprint density at radius 1 is 1.03 bits per heavy atom. The third kappa shape index (κ3) is 5.03. The molecule has 0 bridgehead atoms. The van der Waals surface area contributed by atoms with Crippen molar-refractivity contribution in [3.05, 3.63) is 54.1 Å². The summed E-state index contributed by atoms with van der Waals surface area (Å²) in [4.78, 5) is 24.7. The molecule has 172 valence electrons. The Bertz CT molecular complexity index is 1070. The molecule has 1 fully saturated rings. The zero-order chi connectivity index (χ0) is 23.3. The topological polar surface area (TPSA) is 128 Å². The number of primary amides is 1. The third-order valence-electron chi connectivity index (χ3n) is 5.52. The largest absolute Gasteiger partial charge is 0.493 e. The molecule has 2 aromatic carbocycles. The number of rotatable bonds is 8. The summed E-state index contributed by atoms with van der Waals surface area (Å²) in [5.41, 5.74) is 6.07. The van der Waals surface area contributed by atoms with Gasteiger partial charge in [-0.15, -0.1) is 0 Å². The van der Waals surface area contributed by atoms with Crippen molar-refractivity contribution in [2.75, 3.05) is 27.3 Å². The Hall–Kier alpha value is -3.11. The molecule has 1 atom stereocenters. The van der Waals surface area contributed by atoms with Crippen molar-refractivity contribution < 1.29 is 27.5 Å². The van der Waals surface area contributed by atoms with Gasteiger partial charge in [0.2, 0.25) is 21.8 Å². The van der Waals surface area contributed by atoms with E-state index in [0.29, 0.717) is 29.9 Å². The smallest absolute Gasteiger partial charge is 0.244 e. The molecule has 1 aliphatic rings. The maximum atomic E-state index is 13.1. The summed E-state index contributed by atoms with van der Waals surface area (Å²) in [6.45, 7) is 0.364. The van der Waals surface area contributed by atoms with Gasteiger partial charge in [0.25, 0.3) is 0 Å². The predicted molar refractivity (Wildman–Crippen MR) is 118 cm³/mol. The van der Waals surface area contributed by atoms with Gasteiger partial charge in [0, 0.05) is 25.1 Å². The van der Waals surface area contributed by atoms with Gasteiger partial charge >= 0.3 is 0 Å². The standard InChI is InChI=1S/C22H27N3O6S/c1-30-18-9-8-17(14-19(18)31-2)32(28,29)25-12-10-16(11-13-25)22(27)24-20(21(23)26)15-6-4-3-5-7-15/h3-9,14,16,20H,10-13H2,1-2H3,(H2,23,26)(H,24,27). The van der Waals surface area contributed by atoms with Crippen LogP contribution >= 0.6 is 0 Å². The molecule has 1 saturated heterocycles. The second kappa shape index (κ2) is 10.0. The van der Waals surface area contributed by atoms with Crippen molar-refractivity contribution in [3.8, 4) is 11.5 Å². The minimum absolute atomic E-state index is 0.0934. The summed E-state index contributed by atoms with van der Waals surface area (Å²) in [6.07, 6.45) is 0.664. The number of methoxy groups -OCH3 is 2. The van der Waals surface area contributed by atoms with E-state index in [1.54, 1.807) is 36.4 Å². The fraction of sp³-hybridized carbons (Fsp3) is 0.364. The number of hydrogen-bond donors (Lipinski definition) is 2. The summed E-state index contributed by atoms with van der Waals surface area (Å²) >= 11 is 0. The highest BCUT2D eigenvalue weighted by atomic mass is 32.2. The number of nitrogens with two attached hydrogens (primary N) is 1. The fourth-order valence-corrected chi connectivity index (χ4v) is 5.19. The molecule has 0 spiro atoms. The molecule has 2 aromatic rings. The minimum Gasteiger partial charge on any atom is -0.493 e. The molecule has 9 nitrogen and oxygen atoms in total. The number of hydrogen-bond acceptors (Lipinski definition) is 6. The van der Waals surface area contributed by atoms with Crippen LogP contribution in [0.2, 0.25) is 0 Å². The first-order chi connectivity index (χ1) is 15.3. The van der Waals surface area contributed by atoms with Crippen molar-refractivity contribution >= 4 is 21.8 Å². The Morgan fingerprint density at radius 2 is 1.66 bits per heavy atom. The predicted octanol–water partition coefficient (Wildman–Crippen LogP) is 1.45. The molecule has 0 saturated carbocycles. The molecule has 0 aliphatic carbocycles. The molecular formula is C22H27N3O6S. The van der Waals surface area contributed by atoms with Gasteiger partial charge < -0.3 is 20.5 Å². The van der Waals surface area contributed by atoms with Gasteiger partial charge in [0.05, 0.1) is 19.1 Å². The van der Waals surface area contributed by atoms with Gasteiger partial charge in [0.1, 0.15) is 6.04 Å². The van der Waals surface area contributed by atoms with Crippen LogP contribution < -0.4 is 20.5 Å². The number of carbonyl (C=O) groups excluding carboxylic acids is 2. The molecule has 32 heavy (non-hydrogen) atoms. The van der Waals surface area contributed by atoms with Gasteiger partial charge in [-0.3, -0.25) is 9.59 Å². The van der Waals surface area contributed by atoms with E-state index in [9.17, 15) is 18.0 Å². The number of carbonyl (C=O) groups is 2. The molecule has 3 rings (SSSR count). The summed E-state index contributed by atoms with van der Waals surface area (Å²) in [5, 5.41) is 2.70. The Balaban J connectivity index is 1.66. The molecule has 1 aliphatic heterocycles. The van der Waals surface area contributed by atoms with Crippen LogP contribution in [0, 0.1) is 5.92 Å². The molecular weight excluding hydrogens is 434 g/mol. The highest BCUT2D eigenvalue weighted by molar-refractivity contribution is 7.89. The van der Waals surface area contributed by atoms with Gasteiger partial charge in [-0.25, -0.2) is 8.42 Å². The Kier molecular flexibility index (Phi) is 7.37. The second-order valence-corrected chi connectivity index (χ2v) is 9.39. The van der Waals surface area contributed by atoms with Crippen molar-refractivity contribution in [2.24, 2.45) is 11.7 Å². The number of ether oxygens (including phenoxy) is 2. The van der Waals surface area contributed by atoms with Crippen LogP contribution in [0.4, 0.5) is 0 Å². The zero-order valence-corrected chi connectivity index (χ0v) is 18.8. The van der Waals surface area contributed by atoms with E-state index in [0.717, 1.165) is 0 Å². The summed E-state index contributed by atoms with van der Waals surface area (Å²) in [7, 11) is -0.844. The van der Waals surface area contributed by atoms with Crippen LogP contribution in [0.15, 0.2) is 53.4 Å². The lowest BCUT2D eigenvalue weighted by atomic mass is 9.96. The van der Waals surface area contributed by atoms with E-state index in [1.807, 2.05) is 0 Å². The van der Waals surface area contributed by atoms with Crippen LogP contribution in [0.1, 0.15) is 24.4 Å². The van der Waals surface area contributed by atoms with Gasteiger partial charge in [-0.2, -0.15) is 4.31 Å². The molecule has 1 heterocycles. The van der Waals surface area contributed by atoms with Crippen molar-refractivity contribution in [1.29, 1.82) is 0 Å². The van der Waals surface area contributed by atoms with Gasteiger partial charge in [0.15, 0.2) is 11.5 Å². The molecule has 0 aromatic heterocycles. The quantitative estimate of drug-likeness (QED) is 0.612. The maximum Gasteiger partial charge on any atom is 0.244 e. The lowest BCUT2D eigenvalue weighted by Crippen LogP contribution is -2.45. The molecule has 1 unspecified atom stereocenters. The van der Waals surface area contributed by atoms with Crippen molar-refractivity contribution in [3.63, 3.8) is 0 Å². The fourth-order valence-electron chi connectivity index (χ4n) is 3.71. The summed E-state index contributed by atoms with van der Waals surface area (Å²) in [6, 6.07) is 12.2. The zero-order valence-electron chi connectivity index (χ0n) is 18.0. The van der Waals surface area contributed by atoms with Gasteiger partial charge in [-0.05, 0) is 30.5 Å². The van der Waals surface area contributed by atoms with Crippen molar-refractivity contribution in [1.82, 2.24) is 9.62 Å². The van der Waals surface area contributed by atoms with E-state index in [2.05, 4.69) is 5.32 Å². The highest BCUT2D eigenvalue weighted by Crippen LogP contribution is 2.32. The van der Waals surface area contributed by atoms with Gasteiger partial charge in [-0.1, -0.05) is 30.3 Å². The van der Waals surface area contributed by atoms with E-state index in [1.165, 1.54) is 30.7 Å². The van der Waals surface area contributed by atoms with E-state index in [-0.39, 0.29) is 23.9 Å². The SMILES string of the molecule is COc1ccc(S(=O)(=O)N2CCC(C(=O)NC(C(N)=O)c3ccccc3)CC2)cc1OC. The Labute approximate surface area is 187 Å². The molecule has 3 N–H and O–H groups in total. The molecule has 2 amide bonds. The Morgan fingerprint density at radius 3 is 2.22 bits per heavy atom. The van der Waals surface area contributed by atoms with E-state index < -0.39 is 27.9 Å². The summed E-state index contributed by atoms with van der Waals surface area (Å²) < 4.78 is 37.8. The molecule has 0 radical (unpaired) electrons. The number of amides is 2. The minimum atomic E-state index is -3.76. The van der Waals surface area contributed by atoms with Crippen LogP contribution in [0.25, 0.3) is 0 Å². The first kappa shape index (κ1) is 23.6. The number of piperidine rings is 1.